The SMILES string of the molecule is COc1cccc(CC(=O)N[C@H](C)c2ccc(Cl)cc2Cl)c1. The summed E-state index contributed by atoms with van der Waals surface area (Å²) in [4.78, 5) is 12.2. The maximum atomic E-state index is 12.2. The van der Waals surface area contributed by atoms with Gasteiger partial charge in [-0.1, -0.05) is 41.4 Å². The van der Waals surface area contributed by atoms with E-state index in [2.05, 4.69) is 5.32 Å². The maximum absolute atomic E-state index is 12.2. The Hall–Kier alpha value is -1.71. The third kappa shape index (κ3) is 4.39. The van der Waals surface area contributed by atoms with Gasteiger partial charge >= 0.3 is 0 Å². The molecule has 0 heterocycles. The lowest BCUT2D eigenvalue weighted by Gasteiger charge is -2.16. The Balaban J connectivity index is 2.01. The van der Waals surface area contributed by atoms with E-state index < -0.39 is 0 Å². The molecule has 1 amide bonds. The fraction of sp³-hybridized carbons (Fsp3) is 0.235. The van der Waals surface area contributed by atoms with Gasteiger partial charge in [0.25, 0.3) is 0 Å². The standard InChI is InChI=1S/C17H17Cl2NO2/c1-11(15-7-6-13(18)10-16(15)19)20-17(21)9-12-4-3-5-14(8-12)22-2/h3-8,10-11H,9H2,1-2H3,(H,20,21)/t11-/m1/s1. The summed E-state index contributed by atoms with van der Waals surface area (Å²) in [6.07, 6.45) is 0.284. The van der Waals surface area contributed by atoms with Crippen molar-refractivity contribution in [3.63, 3.8) is 0 Å². The fourth-order valence-corrected chi connectivity index (χ4v) is 2.76. The third-order valence-electron chi connectivity index (χ3n) is 3.31. The molecule has 3 nitrogen and oxygen atoms in total. The fourth-order valence-electron chi connectivity index (χ4n) is 2.19. The van der Waals surface area contributed by atoms with Gasteiger partial charge in [-0.15, -0.1) is 0 Å². The van der Waals surface area contributed by atoms with E-state index in [4.69, 9.17) is 27.9 Å². The van der Waals surface area contributed by atoms with E-state index in [0.717, 1.165) is 16.9 Å². The number of ether oxygens (including phenoxy) is 1. The van der Waals surface area contributed by atoms with Gasteiger partial charge < -0.3 is 10.1 Å². The van der Waals surface area contributed by atoms with E-state index in [-0.39, 0.29) is 18.4 Å². The molecule has 2 aromatic carbocycles. The van der Waals surface area contributed by atoms with Crippen molar-refractivity contribution in [3.05, 3.63) is 63.6 Å². The van der Waals surface area contributed by atoms with E-state index in [1.807, 2.05) is 37.3 Å². The Morgan fingerprint density at radius 2 is 2.00 bits per heavy atom. The van der Waals surface area contributed by atoms with Crippen molar-refractivity contribution in [1.82, 2.24) is 5.32 Å². The zero-order chi connectivity index (χ0) is 16.1. The van der Waals surface area contributed by atoms with Crippen molar-refractivity contribution in [2.24, 2.45) is 0 Å². The first kappa shape index (κ1) is 16.7. The number of carbonyl (C=O) groups excluding carboxylic acids is 1. The molecule has 1 N–H and O–H groups in total. The zero-order valence-corrected chi connectivity index (χ0v) is 13.9. The molecule has 0 saturated heterocycles. The molecule has 0 saturated carbocycles. The number of rotatable bonds is 5. The summed E-state index contributed by atoms with van der Waals surface area (Å²) < 4.78 is 5.15. The second kappa shape index (κ2) is 7.52. The normalized spacial score (nSPS) is 11.8. The van der Waals surface area contributed by atoms with Crippen LogP contribution in [0, 0.1) is 0 Å². The number of nitrogens with one attached hydrogen (secondary N) is 1. The van der Waals surface area contributed by atoms with Gasteiger partial charge in [0.2, 0.25) is 5.91 Å². The summed E-state index contributed by atoms with van der Waals surface area (Å²) in [6.45, 7) is 1.89. The van der Waals surface area contributed by atoms with Gasteiger partial charge in [-0.3, -0.25) is 4.79 Å². The first-order valence-corrected chi connectivity index (χ1v) is 7.62. The lowest BCUT2D eigenvalue weighted by molar-refractivity contribution is -0.121. The van der Waals surface area contributed by atoms with Crippen molar-refractivity contribution in [1.29, 1.82) is 0 Å². The van der Waals surface area contributed by atoms with E-state index in [1.54, 1.807) is 19.2 Å². The minimum absolute atomic E-state index is 0.0771. The molecule has 0 aliphatic heterocycles. The highest BCUT2D eigenvalue weighted by molar-refractivity contribution is 6.35. The number of carbonyl (C=O) groups is 1. The van der Waals surface area contributed by atoms with Crippen LogP contribution in [0.3, 0.4) is 0 Å². The molecule has 0 aliphatic rings. The lowest BCUT2D eigenvalue weighted by Crippen LogP contribution is -2.28. The number of hydrogen-bond acceptors (Lipinski definition) is 2. The number of methoxy groups -OCH3 is 1. The maximum Gasteiger partial charge on any atom is 0.224 e. The van der Waals surface area contributed by atoms with Crippen LogP contribution in [0.15, 0.2) is 42.5 Å². The lowest BCUT2D eigenvalue weighted by atomic mass is 10.1. The average Bonchev–Trinajstić information content (AvgIpc) is 2.47. The molecule has 0 spiro atoms. The number of halogens is 2. The molecular formula is C17H17Cl2NO2. The number of amides is 1. The third-order valence-corrected chi connectivity index (χ3v) is 3.87. The summed E-state index contributed by atoms with van der Waals surface area (Å²) in [6, 6.07) is 12.5. The molecule has 2 rings (SSSR count). The predicted octanol–water partition coefficient (Wildman–Crippen LogP) is 4.42. The van der Waals surface area contributed by atoms with Crippen LogP contribution in [-0.4, -0.2) is 13.0 Å². The van der Waals surface area contributed by atoms with Crippen molar-refractivity contribution in [2.45, 2.75) is 19.4 Å². The van der Waals surface area contributed by atoms with Crippen LogP contribution in [0.25, 0.3) is 0 Å². The van der Waals surface area contributed by atoms with Crippen molar-refractivity contribution in [2.75, 3.05) is 7.11 Å². The molecular weight excluding hydrogens is 321 g/mol. The van der Waals surface area contributed by atoms with Crippen LogP contribution in [0.1, 0.15) is 24.1 Å². The van der Waals surface area contributed by atoms with Gasteiger partial charge in [0.15, 0.2) is 0 Å². The number of hydrogen-bond donors (Lipinski definition) is 1. The van der Waals surface area contributed by atoms with Gasteiger partial charge in [-0.25, -0.2) is 0 Å². The van der Waals surface area contributed by atoms with Crippen LogP contribution < -0.4 is 10.1 Å². The van der Waals surface area contributed by atoms with Crippen LogP contribution in [0.5, 0.6) is 5.75 Å². The zero-order valence-electron chi connectivity index (χ0n) is 12.4. The molecule has 0 unspecified atom stereocenters. The van der Waals surface area contributed by atoms with Crippen LogP contribution in [-0.2, 0) is 11.2 Å². The summed E-state index contributed by atoms with van der Waals surface area (Å²) >= 11 is 12.0. The molecule has 0 radical (unpaired) electrons. The highest BCUT2D eigenvalue weighted by atomic mass is 35.5. The topological polar surface area (TPSA) is 38.3 Å². The molecule has 5 heteroatoms. The number of benzene rings is 2. The van der Waals surface area contributed by atoms with Gasteiger partial charge in [-0.05, 0) is 42.3 Å². The summed E-state index contributed by atoms with van der Waals surface area (Å²) in [5.74, 6) is 0.658. The first-order valence-electron chi connectivity index (χ1n) is 6.87. The van der Waals surface area contributed by atoms with E-state index >= 15 is 0 Å². The highest BCUT2D eigenvalue weighted by Gasteiger charge is 2.13. The van der Waals surface area contributed by atoms with Crippen LogP contribution >= 0.6 is 23.2 Å². The molecule has 2 aromatic rings. The Labute approximate surface area is 140 Å². The summed E-state index contributed by atoms with van der Waals surface area (Å²) in [5.41, 5.74) is 1.73. The predicted molar refractivity (Wildman–Crippen MR) is 89.7 cm³/mol. The summed E-state index contributed by atoms with van der Waals surface area (Å²) in [7, 11) is 1.60. The van der Waals surface area contributed by atoms with Gasteiger partial charge in [-0.2, -0.15) is 0 Å². The minimum Gasteiger partial charge on any atom is -0.497 e. The second-order valence-corrected chi connectivity index (χ2v) is 5.83. The Morgan fingerprint density at radius 1 is 1.23 bits per heavy atom. The second-order valence-electron chi connectivity index (χ2n) is 4.98. The molecule has 0 aliphatic carbocycles. The largest absolute Gasteiger partial charge is 0.497 e. The van der Waals surface area contributed by atoms with Crippen molar-refractivity contribution < 1.29 is 9.53 Å². The average molecular weight is 338 g/mol. The minimum atomic E-state index is -0.192. The smallest absolute Gasteiger partial charge is 0.224 e. The molecule has 0 aromatic heterocycles. The van der Waals surface area contributed by atoms with Crippen LogP contribution in [0.2, 0.25) is 10.0 Å². The van der Waals surface area contributed by atoms with E-state index in [9.17, 15) is 4.79 Å². The molecule has 0 fully saturated rings. The molecule has 1 atom stereocenters. The Kier molecular flexibility index (Phi) is 5.69. The Morgan fingerprint density at radius 3 is 2.68 bits per heavy atom. The Bertz CT molecular complexity index is 673. The molecule has 22 heavy (non-hydrogen) atoms. The van der Waals surface area contributed by atoms with Gasteiger partial charge in [0.1, 0.15) is 5.75 Å². The van der Waals surface area contributed by atoms with Gasteiger partial charge in [0.05, 0.1) is 19.6 Å². The van der Waals surface area contributed by atoms with Crippen molar-refractivity contribution in [3.8, 4) is 5.75 Å². The van der Waals surface area contributed by atoms with Crippen molar-refractivity contribution >= 4 is 29.1 Å². The first-order chi connectivity index (χ1) is 10.5. The van der Waals surface area contributed by atoms with E-state index in [0.29, 0.717) is 10.0 Å². The van der Waals surface area contributed by atoms with Crippen LogP contribution in [0.4, 0.5) is 0 Å². The monoisotopic (exact) mass is 337 g/mol. The van der Waals surface area contributed by atoms with E-state index in [1.165, 1.54) is 0 Å². The summed E-state index contributed by atoms with van der Waals surface area (Å²) in [5, 5.41) is 4.05. The molecule has 0 bridgehead atoms. The molecule has 116 valence electrons. The van der Waals surface area contributed by atoms with Gasteiger partial charge in [0, 0.05) is 10.0 Å². The highest BCUT2D eigenvalue weighted by Crippen LogP contribution is 2.26. The quantitative estimate of drug-likeness (QED) is 0.876.